The Morgan fingerprint density at radius 2 is 2.05 bits per heavy atom. The van der Waals surface area contributed by atoms with Gasteiger partial charge in [0.05, 0.1) is 12.7 Å². The van der Waals surface area contributed by atoms with Gasteiger partial charge in [0.15, 0.2) is 0 Å². The Kier molecular flexibility index (Phi) is 4.21. The van der Waals surface area contributed by atoms with Crippen LogP contribution in [0.25, 0.3) is 0 Å². The number of nitrogens with two attached hydrogens (primary N) is 1. The van der Waals surface area contributed by atoms with E-state index in [9.17, 15) is 4.79 Å². The van der Waals surface area contributed by atoms with Crippen LogP contribution in [0.1, 0.15) is 43.5 Å². The quantitative estimate of drug-likeness (QED) is 0.845. The summed E-state index contributed by atoms with van der Waals surface area (Å²) < 4.78 is 5.28. The average molecular weight is 276 g/mol. The first-order valence-corrected chi connectivity index (χ1v) is 7.16. The maximum absolute atomic E-state index is 12.7. The van der Waals surface area contributed by atoms with Gasteiger partial charge in [0.2, 0.25) is 0 Å². The lowest BCUT2D eigenvalue weighted by Gasteiger charge is -2.24. The number of rotatable bonds is 2. The Hall–Kier alpha value is -1.71. The van der Waals surface area contributed by atoms with Crippen molar-refractivity contribution in [3.05, 3.63) is 23.8 Å². The van der Waals surface area contributed by atoms with E-state index in [0.29, 0.717) is 22.4 Å². The molecule has 20 heavy (non-hydrogen) atoms. The fourth-order valence-electron chi connectivity index (χ4n) is 2.68. The lowest BCUT2D eigenvalue weighted by molar-refractivity contribution is 0.0754. The van der Waals surface area contributed by atoms with Gasteiger partial charge in [-0.25, -0.2) is 0 Å². The van der Waals surface area contributed by atoms with Gasteiger partial charge in [-0.05, 0) is 36.8 Å². The van der Waals surface area contributed by atoms with E-state index in [1.54, 1.807) is 25.3 Å². The molecule has 0 atom stereocenters. The molecule has 110 valence electrons. The second-order valence-electron chi connectivity index (χ2n) is 6.27. The molecule has 0 bridgehead atoms. The Bertz CT molecular complexity index is 497. The number of carbonyl (C=O) groups is 1. The van der Waals surface area contributed by atoms with E-state index in [0.717, 1.165) is 32.4 Å². The molecule has 2 rings (SSSR count). The van der Waals surface area contributed by atoms with E-state index in [1.807, 2.05) is 4.90 Å². The monoisotopic (exact) mass is 276 g/mol. The van der Waals surface area contributed by atoms with Gasteiger partial charge >= 0.3 is 0 Å². The highest BCUT2D eigenvalue weighted by Crippen LogP contribution is 2.31. The molecular formula is C16H24N2O2. The first-order valence-electron chi connectivity index (χ1n) is 7.16. The van der Waals surface area contributed by atoms with Crippen LogP contribution in [0.2, 0.25) is 0 Å². The highest BCUT2D eigenvalue weighted by Gasteiger charge is 2.27. The summed E-state index contributed by atoms with van der Waals surface area (Å²) in [6.45, 7) is 6.16. The third-order valence-electron chi connectivity index (χ3n) is 4.08. The molecule has 0 spiro atoms. The van der Waals surface area contributed by atoms with Crippen LogP contribution in [0, 0.1) is 5.41 Å². The minimum atomic E-state index is 0.0413. The van der Waals surface area contributed by atoms with Gasteiger partial charge < -0.3 is 15.4 Å². The molecular weight excluding hydrogens is 252 g/mol. The smallest absolute Gasteiger partial charge is 0.257 e. The van der Waals surface area contributed by atoms with E-state index < -0.39 is 0 Å². The van der Waals surface area contributed by atoms with Crippen LogP contribution >= 0.6 is 0 Å². The summed E-state index contributed by atoms with van der Waals surface area (Å²) in [5.41, 5.74) is 7.26. The van der Waals surface area contributed by atoms with Gasteiger partial charge in [0, 0.05) is 24.8 Å². The van der Waals surface area contributed by atoms with Gasteiger partial charge in [-0.2, -0.15) is 0 Å². The minimum absolute atomic E-state index is 0.0413. The molecule has 0 unspecified atom stereocenters. The molecule has 1 aliphatic heterocycles. The number of ether oxygens (including phenoxy) is 1. The molecule has 1 saturated heterocycles. The molecule has 0 radical (unpaired) electrons. The van der Waals surface area contributed by atoms with Crippen LogP contribution in [-0.4, -0.2) is 31.0 Å². The van der Waals surface area contributed by atoms with Crippen molar-refractivity contribution in [2.75, 3.05) is 25.9 Å². The Morgan fingerprint density at radius 1 is 1.30 bits per heavy atom. The van der Waals surface area contributed by atoms with E-state index in [4.69, 9.17) is 10.5 Å². The Balaban J connectivity index is 2.19. The lowest BCUT2D eigenvalue weighted by atomic mass is 9.85. The summed E-state index contributed by atoms with van der Waals surface area (Å²) in [4.78, 5) is 14.6. The fourth-order valence-corrected chi connectivity index (χ4v) is 2.68. The van der Waals surface area contributed by atoms with Crippen LogP contribution in [0.4, 0.5) is 5.69 Å². The van der Waals surface area contributed by atoms with Gasteiger partial charge in [0.1, 0.15) is 5.75 Å². The zero-order chi connectivity index (χ0) is 14.8. The van der Waals surface area contributed by atoms with Crippen LogP contribution in [0.15, 0.2) is 18.2 Å². The van der Waals surface area contributed by atoms with Gasteiger partial charge in [-0.1, -0.05) is 13.8 Å². The summed E-state index contributed by atoms with van der Waals surface area (Å²) >= 11 is 0. The number of amides is 1. The van der Waals surface area contributed by atoms with Crippen LogP contribution in [0.5, 0.6) is 5.75 Å². The molecule has 4 nitrogen and oxygen atoms in total. The molecule has 1 aromatic rings. The molecule has 0 aliphatic carbocycles. The molecule has 1 heterocycles. The van der Waals surface area contributed by atoms with Crippen molar-refractivity contribution >= 4 is 11.6 Å². The van der Waals surface area contributed by atoms with Crippen molar-refractivity contribution in [3.8, 4) is 5.75 Å². The van der Waals surface area contributed by atoms with Gasteiger partial charge in [0.25, 0.3) is 5.91 Å². The summed E-state index contributed by atoms with van der Waals surface area (Å²) in [6, 6.07) is 5.21. The topological polar surface area (TPSA) is 55.6 Å². The third kappa shape index (κ3) is 3.24. The highest BCUT2D eigenvalue weighted by molar-refractivity contribution is 5.97. The third-order valence-corrected chi connectivity index (χ3v) is 4.08. The van der Waals surface area contributed by atoms with E-state index in [2.05, 4.69) is 13.8 Å². The zero-order valence-corrected chi connectivity index (χ0v) is 12.6. The van der Waals surface area contributed by atoms with E-state index >= 15 is 0 Å². The molecule has 2 N–H and O–H groups in total. The SMILES string of the molecule is COc1cc(N)ccc1C(=O)N1CCCC(C)(C)CC1. The van der Waals surface area contributed by atoms with Gasteiger partial charge in [-0.15, -0.1) is 0 Å². The number of carbonyl (C=O) groups excluding carboxylic acids is 1. The van der Waals surface area contributed by atoms with Gasteiger partial charge in [-0.3, -0.25) is 4.79 Å². The first kappa shape index (κ1) is 14.7. The molecule has 1 aliphatic rings. The summed E-state index contributed by atoms with van der Waals surface area (Å²) in [6.07, 6.45) is 3.25. The average Bonchev–Trinajstić information content (AvgIpc) is 2.59. The number of anilines is 1. The van der Waals surface area contributed by atoms with Crippen molar-refractivity contribution in [2.24, 2.45) is 5.41 Å². The van der Waals surface area contributed by atoms with E-state index in [-0.39, 0.29) is 5.91 Å². The largest absolute Gasteiger partial charge is 0.496 e. The Morgan fingerprint density at radius 3 is 2.75 bits per heavy atom. The maximum Gasteiger partial charge on any atom is 0.257 e. The second kappa shape index (κ2) is 5.73. The number of hydrogen-bond acceptors (Lipinski definition) is 3. The molecule has 1 amide bonds. The molecule has 1 aromatic carbocycles. The summed E-state index contributed by atoms with van der Waals surface area (Å²) in [7, 11) is 1.57. The minimum Gasteiger partial charge on any atom is -0.496 e. The standard InChI is InChI=1S/C16H24N2O2/c1-16(2)7-4-9-18(10-8-16)15(19)13-6-5-12(17)11-14(13)20-3/h5-6,11H,4,7-10,17H2,1-3H3. The number of hydrogen-bond donors (Lipinski definition) is 1. The van der Waals surface area contributed by atoms with Crippen molar-refractivity contribution in [2.45, 2.75) is 33.1 Å². The number of likely N-dealkylation sites (tertiary alicyclic amines) is 1. The van der Waals surface area contributed by atoms with Crippen molar-refractivity contribution in [1.29, 1.82) is 0 Å². The predicted molar refractivity (Wildman–Crippen MR) is 80.9 cm³/mol. The Labute approximate surface area is 120 Å². The molecule has 1 fully saturated rings. The first-order chi connectivity index (χ1) is 9.43. The fraction of sp³-hybridized carbons (Fsp3) is 0.562. The molecule has 0 aromatic heterocycles. The van der Waals surface area contributed by atoms with Crippen molar-refractivity contribution in [1.82, 2.24) is 4.90 Å². The lowest BCUT2D eigenvalue weighted by Crippen LogP contribution is -2.32. The van der Waals surface area contributed by atoms with E-state index in [1.165, 1.54) is 0 Å². The number of methoxy groups -OCH3 is 1. The maximum atomic E-state index is 12.7. The summed E-state index contributed by atoms with van der Waals surface area (Å²) in [5.74, 6) is 0.595. The van der Waals surface area contributed by atoms with Crippen LogP contribution in [0.3, 0.4) is 0 Å². The molecule has 4 heteroatoms. The zero-order valence-electron chi connectivity index (χ0n) is 12.6. The van der Waals surface area contributed by atoms with Crippen molar-refractivity contribution in [3.63, 3.8) is 0 Å². The van der Waals surface area contributed by atoms with Crippen LogP contribution < -0.4 is 10.5 Å². The number of benzene rings is 1. The highest BCUT2D eigenvalue weighted by atomic mass is 16.5. The normalized spacial score (nSPS) is 18.4. The number of nitrogens with zero attached hydrogens (tertiary/aromatic N) is 1. The summed E-state index contributed by atoms with van der Waals surface area (Å²) in [5, 5.41) is 0. The second-order valence-corrected chi connectivity index (χ2v) is 6.27. The predicted octanol–water partition coefficient (Wildman–Crippen LogP) is 2.93. The number of nitrogen functional groups attached to an aromatic ring is 1. The van der Waals surface area contributed by atoms with Crippen molar-refractivity contribution < 1.29 is 9.53 Å². The van der Waals surface area contributed by atoms with Crippen LogP contribution in [-0.2, 0) is 0 Å². The molecule has 0 saturated carbocycles.